The molecule has 3 heterocycles. The first-order chi connectivity index (χ1) is 10.9. The summed E-state index contributed by atoms with van der Waals surface area (Å²) in [5.41, 5.74) is -0.225. The molecule has 0 aromatic carbocycles. The second kappa shape index (κ2) is 5.73. The van der Waals surface area contributed by atoms with Gasteiger partial charge in [0.1, 0.15) is 9.75 Å². The molecule has 1 fully saturated rings. The molecule has 0 radical (unpaired) electrons. The molecule has 23 heavy (non-hydrogen) atoms. The average molecular weight is 355 g/mol. The Balaban J connectivity index is 1.84. The maximum atomic E-state index is 12.6. The lowest BCUT2D eigenvalue weighted by Gasteiger charge is -2.38. The Morgan fingerprint density at radius 2 is 2.09 bits per heavy atom. The molecule has 2 aromatic heterocycles. The van der Waals surface area contributed by atoms with Crippen molar-refractivity contribution in [3.8, 4) is 0 Å². The van der Waals surface area contributed by atoms with Gasteiger partial charge in [0, 0.05) is 25.5 Å². The molecule has 2 aromatic rings. The summed E-state index contributed by atoms with van der Waals surface area (Å²) in [4.78, 5) is 15.7. The zero-order chi connectivity index (χ0) is 16.7. The van der Waals surface area contributed by atoms with Crippen molar-refractivity contribution >= 4 is 27.3 Å². The minimum atomic E-state index is -3.55. The van der Waals surface area contributed by atoms with E-state index in [0.717, 1.165) is 5.56 Å². The highest BCUT2D eigenvalue weighted by molar-refractivity contribution is 7.91. The van der Waals surface area contributed by atoms with E-state index >= 15 is 0 Å². The number of piperidine rings is 1. The fraction of sp³-hybridized carbons (Fsp3) is 0.429. The number of thiophene rings is 1. The number of rotatable bonds is 4. The molecule has 0 atom stereocenters. The minimum Gasteiger partial charge on any atom is -0.479 e. The molecule has 1 aliphatic rings. The van der Waals surface area contributed by atoms with Crippen molar-refractivity contribution < 1.29 is 18.3 Å². The Morgan fingerprint density at radius 3 is 2.57 bits per heavy atom. The first kappa shape index (κ1) is 16.2. The van der Waals surface area contributed by atoms with Crippen molar-refractivity contribution in [2.75, 3.05) is 13.1 Å². The molecule has 0 bridgehead atoms. The van der Waals surface area contributed by atoms with E-state index in [1.165, 1.54) is 28.2 Å². The van der Waals surface area contributed by atoms with Crippen LogP contribution in [0.1, 0.15) is 18.4 Å². The van der Waals surface area contributed by atoms with Crippen LogP contribution in [0, 0.1) is 6.92 Å². The molecule has 1 N–H and O–H groups in total. The maximum Gasteiger partial charge on any atom is 0.330 e. The van der Waals surface area contributed by atoms with Gasteiger partial charge in [0.05, 0.1) is 6.33 Å². The molecule has 124 valence electrons. The van der Waals surface area contributed by atoms with Crippen LogP contribution in [0.3, 0.4) is 0 Å². The number of sulfonamides is 1. The average Bonchev–Trinajstić information content (AvgIpc) is 3.18. The summed E-state index contributed by atoms with van der Waals surface area (Å²) in [7, 11) is -3.55. The molecular formula is C14H17N3O4S2. The van der Waals surface area contributed by atoms with Crippen molar-refractivity contribution in [2.24, 2.45) is 0 Å². The highest BCUT2D eigenvalue weighted by Gasteiger charge is 2.45. The van der Waals surface area contributed by atoms with Crippen molar-refractivity contribution in [1.82, 2.24) is 13.9 Å². The third kappa shape index (κ3) is 2.68. The molecule has 0 spiro atoms. The van der Waals surface area contributed by atoms with Crippen LogP contribution in [0.4, 0.5) is 0 Å². The predicted molar refractivity (Wildman–Crippen MR) is 84.9 cm³/mol. The van der Waals surface area contributed by atoms with Gasteiger partial charge in [-0.15, -0.1) is 11.3 Å². The number of carbonyl (C=O) groups is 1. The highest BCUT2D eigenvalue weighted by atomic mass is 32.2. The molecule has 0 amide bonds. The van der Waals surface area contributed by atoms with Crippen LogP contribution < -0.4 is 0 Å². The van der Waals surface area contributed by atoms with E-state index in [-0.39, 0.29) is 25.9 Å². The number of aromatic nitrogens is 2. The SMILES string of the molecule is Cc1csc(S(=O)(=O)N2CCC(C(=O)O)(n3ccnc3)CC2)c1. The van der Waals surface area contributed by atoms with Gasteiger partial charge in [-0.2, -0.15) is 4.31 Å². The van der Waals surface area contributed by atoms with E-state index in [1.807, 2.05) is 6.92 Å². The number of imidazole rings is 1. The van der Waals surface area contributed by atoms with Crippen molar-refractivity contribution in [1.29, 1.82) is 0 Å². The van der Waals surface area contributed by atoms with Gasteiger partial charge < -0.3 is 9.67 Å². The van der Waals surface area contributed by atoms with Crippen LogP contribution in [-0.2, 0) is 20.4 Å². The lowest BCUT2D eigenvalue weighted by molar-refractivity contribution is -0.149. The summed E-state index contributed by atoms with van der Waals surface area (Å²) in [6.07, 6.45) is 5.04. The molecule has 1 saturated heterocycles. The van der Waals surface area contributed by atoms with E-state index in [1.54, 1.807) is 22.2 Å². The molecular weight excluding hydrogens is 338 g/mol. The Labute approximate surface area is 138 Å². The normalized spacial score (nSPS) is 18.8. The van der Waals surface area contributed by atoms with Crippen LogP contribution in [0.15, 0.2) is 34.4 Å². The number of hydrogen-bond donors (Lipinski definition) is 1. The van der Waals surface area contributed by atoms with Crippen molar-refractivity contribution in [2.45, 2.75) is 29.5 Å². The first-order valence-electron chi connectivity index (χ1n) is 7.13. The highest BCUT2D eigenvalue weighted by Crippen LogP contribution is 2.34. The standard InChI is InChI=1S/C14H17N3O4S2/c1-11-8-12(22-9-11)23(20,21)17-5-2-14(3-6-17,13(18)19)16-7-4-15-10-16/h4,7-10H,2-3,5-6H2,1H3,(H,18,19). The van der Waals surface area contributed by atoms with Gasteiger partial charge in [-0.3, -0.25) is 0 Å². The smallest absolute Gasteiger partial charge is 0.330 e. The lowest BCUT2D eigenvalue weighted by atomic mass is 9.88. The predicted octanol–water partition coefficient (Wildman–Crippen LogP) is 1.52. The monoisotopic (exact) mass is 355 g/mol. The Morgan fingerprint density at radius 1 is 1.39 bits per heavy atom. The zero-order valence-corrected chi connectivity index (χ0v) is 14.2. The first-order valence-corrected chi connectivity index (χ1v) is 9.45. The molecule has 0 aliphatic carbocycles. The zero-order valence-electron chi connectivity index (χ0n) is 12.5. The molecule has 9 heteroatoms. The summed E-state index contributed by atoms with van der Waals surface area (Å²) in [5.74, 6) is -0.959. The summed E-state index contributed by atoms with van der Waals surface area (Å²) in [6, 6.07) is 1.65. The third-order valence-corrected chi connectivity index (χ3v) is 7.68. The van der Waals surface area contributed by atoms with E-state index in [2.05, 4.69) is 4.98 Å². The number of aliphatic carboxylic acids is 1. The van der Waals surface area contributed by atoms with E-state index in [9.17, 15) is 18.3 Å². The second-order valence-corrected chi connectivity index (χ2v) is 8.73. The van der Waals surface area contributed by atoms with Crippen LogP contribution >= 0.6 is 11.3 Å². The summed E-state index contributed by atoms with van der Waals surface area (Å²) >= 11 is 1.19. The number of nitrogens with zero attached hydrogens (tertiary/aromatic N) is 3. The van der Waals surface area contributed by atoms with Gasteiger partial charge in [0.25, 0.3) is 10.0 Å². The van der Waals surface area contributed by atoms with E-state index < -0.39 is 21.5 Å². The van der Waals surface area contributed by atoms with Crippen LogP contribution in [0.25, 0.3) is 0 Å². The van der Waals surface area contributed by atoms with Gasteiger partial charge >= 0.3 is 5.97 Å². The Kier molecular flexibility index (Phi) is 4.03. The minimum absolute atomic E-state index is 0.170. The Hall–Kier alpha value is -1.71. The molecule has 0 unspecified atom stereocenters. The second-order valence-electron chi connectivity index (χ2n) is 5.65. The van der Waals surface area contributed by atoms with Gasteiger partial charge in [-0.05, 0) is 36.8 Å². The maximum absolute atomic E-state index is 12.6. The Bertz CT molecular complexity index is 803. The third-order valence-electron chi connectivity index (χ3n) is 4.25. The molecule has 3 rings (SSSR count). The van der Waals surface area contributed by atoms with E-state index in [4.69, 9.17) is 0 Å². The van der Waals surface area contributed by atoms with Gasteiger partial charge in [-0.25, -0.2) is 18.2 Å². The summed E-state index contributed by atoms with van der Waals surface area (Å²) in [6.45, 7) is 2.19. The lowest BCUT2D eigenvalue weighted by Crippen LogP contribution is -2.51. The summed E-state index contributed by atoms with van der Waals surface area (Å²) in [5, 5.41) is 11.5. The largest absolute Gasteiger partial charge is 0.479 e. The molecule has 7 nitrogen and oxygen atoms in total. The summed E-state index contributed by atoms with van der Waals surface area (Å²) < 4.78 is 28.5. The number of aryl methyl sites for hydroxylation is 1. The van der Waals surface area contributed by atoms with Crippen LogP contribution in [-0.4, -0.2) is 46.4 Å². The van der Waals surface area contributed by atoms with Crippen molar-refractivity contribution in [3.05, 3.63) is 35.7 Å². The number of carboxylic acid groups (broad SMARTS) is 1. The van der Waals surface area contributed by atoms with Gasteiger partial charge in [0.15, 0.2) is 0 Å². The van der Waals surface area contributed by atoms with Gasteiger partial charge in [0.2, 0.25) is 0 Å². The number of hydrogen-bond acceptors (Lipinski definition) is 5. The fourth-order valence-electron chi connectivity index (χ4n) is 2.86. The topological polar surface area (TPSA) is 92.5 Å². The van der Waals surface area contributed by atoms with Crippen molar-refractivity contribution in [3.63, 3.8) is 0 Å². The number of carboxylic acids is 1. The fourth-order valence-corrected chi connectivity index (χ4v) is 5.68. The van der Waals surface area contributed by atoms with Crippen LogP contribution in [0.5, 0.6) is 0 Å². The van der Waals surface area contributed by atoms with E-state index in [0.29, 0.717) is 4.21 Å². The molecule has 0 saturated carbocycles. The quantitative estimate of drug-likeness (QED) is 0.897. The molecule has 1 aliphatic heterocycles. The van der Waals surface area contributed by atoms with Crippen LogP contribution in [0.2, 0.25) is 0 Å². The van der Waals surface area contributed by atoms with Gasteiger partial charge in [-0.1, -0.05) is 0 Å².